The van der Waals surface area contributed by atoms with E-state index >= 15 is 0 Å². The van der Waals surface area contributed by atoms with Crippen LogP contribution in [0.1, 0.15) is 47.2 Å². The standard InChI is InChI=1S/C34H39N5O4/c1-4-39(17-19-41-2)33(40)23-8-9-26(30(20-23)42-3)27-7-5-6-24-21-36-34(38-31(24)27)37-29-11-10-25(22-12-15-35-16-13-22)28-14-18-43-32(28)29/h5-11,20-22,35H,4,12-19H2,1-3H3,(H,36,37,38). The summed E-state index contributed by atoms with van der Waals surface area (Å²) >= 11 is 0. The molecule has 1 aromatic heterocycles. The number of ether oxygens (including phenoxy) is 3. The molecule has 1 amide bonds. The molecule has 0 radical (unpaired) electrons. The van der Waals surface area contributed by atoms with Crippen LogP contribution in [0.25, 0.3) is 22.0 Å². The van der Waals surface area contributed by atoms with Gasteiger partial charge in [-0.15, -0.1) is 0 Å². The van der Waals surface area contributed by atoms with Gasteiger partial charge >= 0.3 is 0 Å². The summed E-state index contributed by atoms with van der Waals surface area (Å²) in [5.41, 5.74) is 6.71. The molecule has 3 heterocycles. The van der Waals surface area contributed by atoms with Gasteiger partial charge in [0.25, 0.3) is 5.91 Å². The van der Waals surface area contributed by atoms with Crippen LogP contribution in [0.2, 0.25) is 0 Å². The molecule has 2 aliphatic rings. The van der Waals surface area contributed by atoms with E-state index < -0.39 is 0 Å². The Kier molecular flexibility index (Phi) is 8.72. The first-order valence-corrected chi connectivity index (χ1v) is 15.1. The first-order chi connectivity index (χ1) is 21.1. The zero-order valence-electron chi connectivity index (χ0n) is 25.1. The van der Waals surface area contributed by atoms with Crippen molar-refractivity contribution in [3.05, 3.63) is 71.4 Å². The SMILES string of the molecule is CCN(CCOC)C(=O)c1ccc(-c2cccc3cnc(Nc4ccc(C5CCNCC5)c5c4OCC5)nc23)c(OC)c1. The number of para-hydroxylation sites is 1. The number of hydrogen-bond donors (Lipinski definition) is 2. The molecule has 9 nitrogen and oxygen atoms in total. The van der Waals surface area contributed by atoms with Gasteiger partial charge in [0.05, 0.1) is 31.5 Å². The minimum atomic E-state index is -0.0583. The fourth-order valence-electron chi connectivity index (χ4n) is 6.22. The number of methoxy groups -OCH3 is 2. The third kappa shape index (κ3) is 5.87. The molecule has 2 N–H and O–H groups in total. The number of carbonyl (C=O) groups is 1. The van der Waals surface area contributed by atoms with Crippen molar-refractivity contribution in [2.24, 2.45) is 0 Å². The summed E-state index contributed by atoms with van der Waals surface area (Å²) in [4.78, 5) is 24.5. The second-order valence-electron chi connectivity index (χ2n) is 11.0. The number of nitrogens with zero attached hydrogens (tertiary/aromatic N) is 3. The van der Waals surface area contributed by atoms with Crippen molar-refractivity contribution in [2.75, 3.05) is 58.9 Å². The molecule has 6 rings (SSSR count). The molecule has 4 aromatic rings. The lowest BCUT2D eigenvalue weighted by atomic mass is 9.86. The maximum absolute atomic E-state index is 13.2. The van der Waals surface area contributed by atoms with E-state index in [1.165, 1.54) is 11.1 Å². The van der Waals surface area contributed by atoms with E-state index in [1.54, 1.807) is 25.2 Å². The van der Waals surface area contributed by atoms with Crippen LogP contribution >= 0.6 is 0 Å². The summed E-state index contributed by atoms with van der Waals surface area (Å²) in [5.74, 6) is 2.53. The molecular weight excluding hydrogens is 542 g/mol. The quantitative estimate of drug-likeness (QED) is 0.251. The summed E-state index contributed by atoms with van der Waals surface area (Å²) in [6, 6.07) is 15.9. The highest BCUT2D eigenvalue weighted by Crippen LogP contribution is 2.42. The van der Waals surface area contributed by atoms with Gasteiger partial charge in [0.2, 0.25) is 5.95 Å². The van der Waals surface area contributed by atoms with Gasteiger partial charge in [0.1, 0.15) is 11.5 Å². The van der Waals surface area contributed by atoms with Crippen molar-refractivity contribution in [2.45, 2.75) is 32.1 Å². The van der Waals surface area contributed by atoms with Crippen molar-refractivity contribution in [3.63, 3.8) is 0 Å². The number of benzene rings is 3. The molecule has 3 aromatic carbocycles. The second kappa shape index (κ2) is 13.0. The fourth-order valence-corrected chi connectivity index (χ4v) is 6.22. The normalized spacial score (nSPS) is 14.8. The van der Waals surface area contributed by atoms with Gasteiger partial charge in [0.15, 0.2) is 0 Å². The Labute approximate surface area is 252 Å². The van der Waals surface area contributed by atoms with Crippen LogP contribution in [-0.2, 0) is 11.2 Å². The van der Waals surface area contributed by atoms with Gasteiger partial charge in [-0.2, -0.15) is 0 Å². The zero-order chi connectivity index (χ0) is 29.8. The van der Waals surface area contributed by atoms with Crippen molar-refractivity contribution in [3.8, 4) is 22.6 Å². The number of aromatic nitrogens is 2. The molecule has 0 saturated carbocycles. The van der Waals surface area contributed by atoms with Crippen molar-refractivity contribution in [1.29, 1.82) is 0 Å². The van der Waals surface area contributed by atoms with E-state index in [1.807, 2.05) is 43.5 Å². The number of amides is 1. The molecule has 9 heteroatoms. The first-order valence-electron chi connectivity index (χ1n) is 15.1. The number of piperidine rings is 1. The van der Waals surface area contributed by atoms with Crippen LogP contribution in [0.3, 0.4) is 0 Å². The molecular formula is C34H39N5O4. The van der Waals surface area contributed by atoms with Crippen LogP contribution in [0.5, 0.6) is 11.5 Å². The van der Waals surface area contributed by atoms with Crippen molar-refractivity contribution in [1.82, 2.24) is 20.2 Å². The number of likely N-dealkylation sites (N-methyl/N-ethyl adjacent to an activating group) is 1. The van der Waals surface area contributed by atoms with Gasteiger partial charge < -0.3 is 29.7 Å². The maximum Gasteiger partial charge on any atom is 0.254 e. The van der Waals surface area contributed by atoms with Gasteiger partial charge in [-0.25, -0.2) is 9.97 Å². The van der Waals surface area contributed by atoms with E-state index in [9.17, 15) is 4.79 Å². The van der Waals surface area contributed by atoms with Crippen LogP contribution < -0.4 is 20.1 Å². The minimum absolute atomic E-state index is 0.0583. The van der Waals surface area contributed by atoms with Gasteiger partial charge in [-0.3, -0.25) is 4.79 Å². The molecule has 0 aliphatic carbocycles. The lowest BCUT2D eigenvalue weighted by Gasteiger charge is -2.25. The van der Waals surface area contributed by atoms with Gasteiger partial charge in [-0.05, 0) is 68.6 Å². The van der Waals surface area contributed by atoms with E-state index in [0.717, 1.165) is 65.8 Å². The average molecular weight is 582 g/mol. The Hall–Kier alpha value is -4.21. The van der Waals surface area contributed by atoms with E-state index in [0.29, 0.717) is 49.5 Å². The van der Waals surface area contributed by atoms with Crippen LogP contribution in [0.4, 0.5) is 11.6 Å². The molecule has 0 spiro atoms. The number of nitrogens with one attached hydrogen (secondary N) is 2. The fraction of sp³-hybridized carbons (Fsp3) is 0.382. The average Bonchev–Trinajstić information content (AvgIpc) is 3.56. The van der Waals surface area contributed by atoms with Gasteiger partial charge in [-0.1, -0.05) is 24.3 Å². The summed E-state index contributed by atoms with van der Waals surface area (Å²) in [6.45, 7) is 6.38. The molecule has 1 saturated heterocycles. The number of fused-ring (bicyclic) bond motifs is 2. The lowest BCUT2D eigenvalue weighted by Crippen LogP contribution is -2.33. The lowest BCUT2D eigenvalue weighted by molar-refractivity contribution is 0.0706. The summed E-state index contributed by atoms with van der Waals surface area (Å²) in [7, 11) is 3.26. The zero-order valence-corrected chi connectivity index (χ0v) is 25.1. The third-order valence-corrected chi connectivity index (χ3v) is 8.50. The third-order valence-electron chi connectivity index (χ3n) is 8.50. The highest BCUT2D eigenvalue weighted by Gasteiger charge is 2.26. The molecule has 0 atom stereocenters. The Morgan fingerprint density at radius 1 is 1.12 bits per heavy atom. The van der Waals surface area contributed by atoms with E-state index in [2.05, 4.69) is 27.8 Å². The molecule has 0 unspecified atom stereocenters. The molecule has 1 fully saturated rings. The Bertz CT molecular complexity index is 1620. The topological polar surface area (TPSA) is 97.8 Å². The minimum Gasteiger partial charge on any atom is -0.496 e. The highest BCUT2D eigenvalue weighted by molar-refractivity contribution is 5.99. The second-order valence-corrected chi connectivity index (χ2v) is 11.0. The Morgan fingerprint density at radius 3 is 2.77 bits per heavy atom. The maximum atomic E-state index is 13.2. The van der Waals surface area contributed by atoms with Crippen molar-refractivity contribution < 1.29 is 19.0 Å². The summed E-state index contributed by atoms with van der Waals surface area (Å²) < 4.78 is 17.1. The van der Waals surface area contributed by atoms with E-state index in [-0.39, 0.29) is 5.91 Å². The number of carbonyl (C=O) groups excluding carboxylic acids is 1. The Balaban J connectivity index is 1.32. The summed E-state index contributed by atoms with van der Waals surface area (Å²) in [5, 5.41) is 7.82. The van der Waals surface area contributed by atoms with Gasteiger partial charge in [0, 0.05) is 60.5 Å². The van der Waals surface area contributed by atoms with Crippen LogP contribution in [0, 0.1) is 0 Å². The Morgan fingerprint density at radius 2 is 1.98 bits per heavy atom. The largest absolute Gasteiger partial charge is 0.496 e. The van der Waals surface area contributed by atoms with E-state index in [4.69, 9.17) is 19.2 Å². The number of rotatable bonds is 10. The highest BCUT2D eigenvalue weighted by atomic mass is 16.5. The molecule has 2 aliphatic heterocycles. The predicted octanol–water partition coefficient (Wildman–Crippen LogP) is 5.56. The number of anilines is 2. The van der Waals surface area contributed by atoms with Crippen molar-refractivity contribution >= 4 is 28.4 Å². The molecule has 43 heavy (non-hydrogen) atoms. The molecule has 224 valence electrons. The number of hydrogen-bond acceptors (Lipinski definition) is 8. The molecule has 0 bridgehead atoms. The first kappa shape index (κ1) is 28.9. The smallest absolute Gasteiger partial charge is 0.254 e. The monoisotopic (exact) mass is 581 g/mol. The summed E-state index contributed by atoms with van der Waals surface area (Å²) in [6.07, 6.45) is 5.06. The predicted molar refractivity (Wildman–Crippen MR) is 169 cm³/mol. The van der Waals surface area contributed by atoms with Crippen LogP contribution in [-0.4, -0.2) is 74.4 Å². The van der Waals surface area contributed by atoms with Crippen LogP contribution in [0.15, 0.2) is 54.7 Å².